The van der Waals surface area contributed by atoms with Gasteiger partial charge in [0.1, 0.15) is 13.2 Å². The van der Waals surface area contributed by atoms with Gasteiger partial charge in [0.25, 0.3) is 5.56 Å². The summed E-state index contributed by atoms with van der Waals surface area (Å²) in [5.41, 5.74) is 0.404. The van der Waals surface area contributed by atoms with Gasteiger partial charge in [-0.3, -0.25) is 14.2 Å². The van der Waals surface area contributed by atoms with E-state index in [1.165, 1.54) is 10.9 Å². The monoisotopic (exact) mass is 368 g/mol. The third kappa shape index (κ3) is 3.10. The zero-order valence-corrected chi connectivity index (χ0v) is 15.2. The molecular formula is C18H20N6O3. The minimum absolute atomic E-state index is 0.0318. The van der Waals surface area contributed by atoms with E-state index in [0.717, 1.165) is 11.6 Å². The molecule has 0 N–H and O–H groups in total. The molecule has 1 aliphatic heterocycles. The first-order chi connectivity index (χ1) is 13.1. The van der Waals surface area contributed by atoms with Gasteiger partial charge in [-0.05, 0) is 19.1 Å². The van der Waals surface area contributed by atoms with Crippen LogP contribution in [0.25, 0.3) is 10.9 Å². The van der Waals surface area contributed by atoms with Crippen molar-refractivity contribution >= 4 is 16.8 Å². The molecule has 0 bridgehead atoms. The van der Waals surface area contributed by atoms with Gasteiger partial charge in [0.05, 0.1) is 29.8 Å². The molecular weight excluding hydrogens is 348 g/mol. The van der Waals surface area contributed by atoms with Crippen molar-refractivity contribution in [1.82, 2.24) is 29.2 Å². The molecule has 140 valence electrons. The number of benzene rings is 1. The van der Waals surface area contributed by atoms with Gasteiger partial charge in [-0.2, -0.15) is 0 Å². The third-order valence-corrected chi connectivity index (χ3v) is 4.76. The number of para-hydroxylation sites is 1. The second kappa shape index (κ2) is 6.92. The molecule has 0 fully saturated rings. The number of hydrogen-bond acceptors (Lipinski definition) is 6. The molecule has 9 heteroatoms. The maximum atomic E-state index is 12.8. The Morgan fingerprint density at radius 3 is 2.93 bits per heavy atom. The Labute approximate surface area is 155 Å². The first kappa shape index (κ1) is 17.3. The predicted octanol–water partition coefficient (Wildman–Crippen LogP) is 0.738. The van der Waals surface area contributed by atoms with Crippen LogP contribution in [-0.2, 0) is 29.2 Å². The molecule has 27 heavy (non-hydrogen) atoms. The molecule has 0 saturated carbocycles. The number of aromatic nitrogens is 5. The van der Waals surface area contributed by atoms with Crippen LogP contribution in [0.1, 0.15) is 24.6 Å². The fourth-order valence-corrected chi connectivity index (χ4v) is 3.50. The van der Waals surface area contributed by atoms with Crippen molar-refractivity contribution in [1.29, 1.82) is 0 Å². The van der Waals surface area contributed by atoms with Crippen LogP contribution in [0.5, 0.6) is 0 Å². The SMILES string of the molecule is COCc1nnc2n1[C@@H](C)CN(C(=O)Cn1cnc3ccccc3c1=O)C2. The average Bonchev–Trinajstić information content (AvgIpc) is 3.08. The third-order valence-electron chi connectivity index (χ3n) is 4.76. The van der Waals surface area contributed by atoms with E-state index in [9.17, 15) is 9.59 Å². The number of nitrogens with zero attached hydrogens (tertiary/aromatic N) is 6. The van der Waals surface area contributed by atoms with Crippen molar-refractivity contribution in [2.45, 2.75) is 32.7 Å². The first-order valence-electron chi connectivity index (χ1n) is 8.72. The topological polar surface area (TPSA) is 95.1 Å². The highest BCUT2D eigenvalue weighted by atomic mass is 16.5. The van der Waals surface area contributed by atoms with Crippen molar-refractivity contribution in [2.24, 2.45) is 0 Å². The van der Waals surface area contributed by atoms with E-state index >= 15 is 0 Å². The zero-order chi connectivity index (χ0) is 19.0. The second-order valence-electron chi connectivity index (χ2n) is 6.65. The first-order valence-corrected chi connectivity index (χ1v) is 8.72. The van der Waals surface area contributed by atoms with E-state index in [2.05, 4.69) is 15.2 Å². The van der Waals surface area contributed by atoms with E-state index in [1.807, 2.05) is 17.6 Å². The Hall–Kier alpha value is -3.07. The van der Waals surface area contributed by atoms with Crippen molar-refractivity contribution in [3.63, 3.8) is 0 Å². The molecule has 0 spiro atoms. The number of carbonyl (C=O) groups is 1. The number of ether oxygens (including phenoxy) is 1. The van der Waals surface area contributed by atoms with Crippen LogP contribution >= 0.6 is 0 Å². The number of hydrogen-bond donors (Lipinski definition) is 0. The van der Waals surface area contributed by atoms with Gasteiger partial charge in [-0.15, -0.1) is 10.2 Å². The van der Waals surface area contributed by atoms with E-state index in [0.29, 0.717) is 30.6 Å². The normalized spacial score (nSPS) is 16.5. The maximum Gasteiger partial charge on any atom is 0.261 e. The van der Waals surface area contributed by atoms with Gasteiger partial charge in [0, 0.05) is 13.7 Å². The highest BCUT2D eigenvalue weighted by Crippen LogP contribution is 2.22. The standard InChI is InChI=1S/C18H20N6O3/c1-12-7-22(8-15-20-21-16(10-27-2)24(12)15)17(25)9-23-11-19-14-6-4-3-5-13(14)18(23)26/h3-6,11-12H,7-10H2,1-2H3/t12-/m0/s1. The molecule has 0 radical (unpaired) electrons. The van der Waals surface area contributed by atoms with E-state index in [-0.39, 0.29) is 24.1 Å². The summed E-state index contributed by atoms with van der Waals surface area (Å²) in [6.07, 6.45) is 1.43. The minimum Gasteiger partial charge on any atom is -0.377 e. The molecule has 4 rings (SSSR count). The molecule has 0 aliphatic carbocycles. The maximum absolute atomic E-state index is 12.8. The van der Waals surface area contributed by atoms with Crippen molar-refractivity contribution < 1.29 is 9.53 Å². The molecule has 2 aromatic heterocycles. The molecule has 1 aliphatic rings. The molecule has 1 amide bonds. The molecule has 0 unspecified atom stereocenters. The highest BCUT2D eigenvalue weighted by Gasteiger charge is 2.29. The van der Waals surface area contributed by atoms with Gasteiger partial charge in [-0.25, -0.2) is 4.98 Å². The van der Waals surface area contributed by atoms with Crippen LogP contribution < -0.4 is 5.56 Å². The second-order valence-corrected chi connectivity index (χ2v) is 6.65. The molecule has 9 nitrogen and oxygen atoms in total. The van der Waals surface area contributed by atoms with Crippen LogP contribution in [0.2, 0.25) is 0 Å². The number of carbonyl (C=O) groups excluding carboxylic acids is 1. The van der Waals surface area contributed by atoms with Gasteiger partial charge in [0.2, 0.25) is 5.91 Å². The van der Waals surface area contributed by atoms with Crippen LogP contribution in [0.3, 0.4) is 0 Å². The highest BCUT2D eigenvalue weighted by molar-refractivity contribution is 5.79. The van der Waals surface area contributed by atoms with Crippen molar-refractivity contribution in [3.05, 3.63) is 52.6 Å². The van der Waals surface area contributed by atoms with E-state index < -0.39 is 0 Å². The summed E-state index contributed by atoms with van der Waals surface area (Å²) in [6, 6.07) is 7.14. The Morgan fingerprint density at radius 1 is 1.30 bits per heavy atom. The summed E-state index contributed by atoms with van der Waals surface area (Å²) in [5, 5.41) is 8.83. The predicted molar refractivity (Wildman–Crippen MR) is 96.9 cm³/mol. The fourth-order valence-electron chi connectivity index (χ4n) is 3.50. The lowest BCUT2D eigenvalue weighted by Gasteiger charge is -2.32. The summed E-state index contributed by atoms with van der Waals surface area (Å²) in [4.78, 5) is 31.4. The van der Waals surface area contributed by atoms with Crippen molar-refractivity contribution in [2.75, 3.05) is 13.7 Å². The van der Waals surface area contributed by atoms with Crippen LogP contribution in [0, 0.1) is 0 Å². The fraction of sp³-hybridized carbons (Fsp3) is 0.389. The number of fused-ring (bicyclic) bond motifs is 2. The average molecular weight is 368 g/mol. The van der Waals surface area contributed by atoms with Crippen LogP contribution in [0.15, 0.2) is 35.4 Å². The number of methoxy groups -OCH3 is 1. The van der Waals surface area contributed by atoms with Gasteiger partial charge in [0.15, 0.2) is 11.6 Å². The zero-order valence-electron chi connectivity index (χ0n) is 15.2. The summed E-state index contributed by atoms with van der Waals surface area (Å²) in [5.74, 6) is 1.32. The molecule has 1 atom stereocenters. The molecule has 0 saturated heterocycles. The summed E-state index contributed by atoms with van der Waals surface area (Å²) in [6.45, 7) is 3.22. The largest absolute Gasteiger partial charge is 0.377 e. The minimum atomic E-state index is -0.218. The van der Waals surface area contributed by atoms with E-state index in [4.69, 9.17) is 4.74 Å². The quantitative estimate of drug-likeness (QED) is 0.674. The summed E-state index contributed by atoms with van der Waals surface area (Å²) >= 11 is 0. The number of rotatable bonds is 4. The smallest absolute Gasteiger partial charge is 0.261 e. The van der Waals surface area contributed by atoms with Crippen LogP contribution in [-0.4, -0.2) is 48.8 Å². The lowest BCUT2D eigenvalue weighted by molar-refractivity contribution is -0.134. The Kier molecular flexibility index (Phi) is 4.44. The Balaban J connectivity index is 1.56. The Bertz CT molecular complexity index is 1060. The number of amides is 1. The molecule has 3 heterocycles. The lowest BCUT2D eigenvalue weighted by Crippen LogP contribution is -2.43. The van der Waals surface area contributed by atoms with Gasteiger partial charge < -0.3 is 14.2 Å². The summed E-state index contributed by atoms with van der Waals surface area (Å²) in [7, 11) is 1.61. The summed E-state index contributed by atoms with van der Waals surface area (Å²) < 4.78 is 8.52. The van der Waals surface area contributed by atoms with Crippen LogP contribution in [0.4, 0.5) is 0 Å². The molecule has 1 aromatic carbocycles. The Morgan fingerprint density at radius 2 is 2.11 bits per heavy atom. The molecule has 3 aromatic rings. The van der Waals surface area contributed by atoms with E-state index in [1.54, 1.807) is 30.2 Å². The van der Waals surface area contributed by atoms with Gasteiger partial charge >= 0.3 is 0 Å². The van der Waals surface area contributed by atoms with Crippen molar-refractivity contribution in [3.8, 4) is 0 Å². The van der Waals surface area contributed by atoms with Gasteiger partial charge in [-0.1, -0.05) is 12.1 Å². The lowest BCUT2D eigenvalue weighted by atomic mass is 10.2.